The number of hydrogen-bond donors (Lipinski definition) is 1. The van der Waals surface area contributed by atoms with Crippen LogP contribution in [0.15, 0.2) is 66.7 Å². The predicted octanol–water partition coefficient (Wildman–Crippen LogP) is 5.58. The first-order valence-corrected chi connectivity index (χ1v) is 9.81. The number of benzene rings is 3. The van der Waals surface area contributed by atoms with Crippen LogP contribution in [0.4, 0.5) is 0 Å². The van der Waals surface area contributed by atoms with E-state index in [0.717, 1.165) is 28.0 Å². The number of rotatable bonds is 5. The number of esters is 1. The van der Waals surface area contributed by atoms with Gasteiger partial charge in [0, 0.05) is 5.92 Å². The average molecular weight is 395 g/mol. The maximum Gasteiger partial charge on any atom is 0.340 e. The molecule has 5 nitrogen and oxygen atoms in total. The van der Waals surface area contributed by atoms with Crippen molar-refractivity contribution in [1.82, 2.24) is 9.97 Å². The van der Waals surface area contributed by atoms with Crippen molar-refractivity contribution in [3.8, 4) is 17.2 Å². The fourth-order valence-electron chi connectivity index (χ4n) is 3.36. The van der Waals surface area contributed by atoms with Crippen LogP contribution in [-0.2, 0) is 11.3 Å². The van der Waals surface area contributed by atoms with Gasteiger partial charge in [-0.2, -0.15) is 5.26 Å². The summed E-state index contributed by atoms with van der Waals surface area (Å²) in [5.74, 6) is 0.627. The zero-order valence-corrected chi connectivity index (χ0v) is 16.8. The van der Waals surface area contributed by atoms with Gasteiger partial charge < -0.3 is 9.72 Å². The van der Waals surface area contributed by atoms with E-state index in [-0.39, 0.29) is 12.5 Å². The third kappa shape index (κ3) is 3.81. The van der Waals surface area contributed by atoms with Crippen molar-refractivity contribution in [3.63, 3.8) is 0 Å². The number of nitrogens with one attached hydrogen (secondary N) is 1. The van der Waals surface area contributed by atoms with Crippen LogP contribution >= 0.6 is 0 Å². The molecule has 0 bridgehead atoms. The number of aromatic amines is 1. The van der Waals surface area contributed by atoms with Crippen LogP contribution in [-0.4, -0.2) is 15.9 Å². The number of para-hydroxylation sites is 1. The minimum Gasteiger partial charge on any atom is -0.457 e. The quantitative estimate of drug-likeness (QED) is 0.447. The second-order valence-corrected chi connectivity index (χ2v) is 7.41. The van der Waals surface area contributed by atoms with Gasteiger partial charge in [0.2, 0.25) is 0 Å². The summed E-state index contributed by atoms with van der Waals surface area (Å²) in [4.78, 5) is 20.5. The molecule has 0 radical (unpaired) electrons. The molecule has 148 valence electrons. The van der Waals surface area contributed by atoms with Gasteiger partial charge >= 0.3 is 5.97 Å². The molecule has 4 aromatic rings. The van der Waals surface area contributed by atoms with Gasteiger partial charge in [-0.25, -0.2) is 9.78 Å². The highest BCUT2D eigenvalue weighted by molar-refractivity contribution is 6.02. The Morgan fingerprint density at radius 2 is 1.90 bits per heavy atom. The second kappa shape index (κ2) is 8.22. The molecular weight excluding hydrogens is 374 g/mol. The Balaban J connectivity index is 1.55. The Labute approximate surface area is 175 Å². The van der Waals surface area contributed by atoms with Crippen LogP contribution in [0.25, 0.3) is 22.2 Å². The van der Waals surface area contributed by atoms with E-state index in [1.807, 2.05) is 68.4 Å². The highest BCUT2D eigenvalue weighted by Crippen LogP contribution is 2.25. The van der Waals surface area contributed by atoms with Crippen molar-refractivity contribution >= 4 is 17.0 Å². The maximum absolute atomic E-state index is 12.7. The van der Waals surface area contributed by atoms with Crippen molar-refractivity contribution in [2.24, 2.45) is 0 Å². The van der Waals surface area contributed by atoms with Gasteiger partial charge in [-0.1, -0.05) is 62.4 Å². The zero-order valence-electron chi connectivity index (χ0n) is 16.8. The largest absolute Gasteiger partial charge is 0.457 e. The molecule has 0 aliphatic heterocycles. The van der Waals surface area contributed by atoms with Crippen molar-refractivity contribution < 1.29 is 9.53 Å². The Kier molecular flexibility index (Phi) is 5.32. The lowest BCUT2D eigenvalue weighted by molar-refractivity contribution is 0.0475. The van der Waals surface area contributed by atoms with Crippen LogP contribution in [0.2, 0.25) is 0 Å². The van der Waals surface area contributed by atoms with Crippen molar-refractivity contribution in [1.29, 1.82) is 5.26 Å². The monoisotopic (exact) mass is 395 g/mol. The van der Waals surface area contributed by atoms with E-state index in [0.29, 0.717) is 16.6 Å². The lowest BCUT2D eigenvalue weighted by atomic mass is 9.98. The summed E-state index contributed by atoms with van der Waals surface area (Å²) in [6.45, 7) is 4.17. The molecule has 0 saturated carbocycles. The number of fused-ring (bicyclic) bond motifs is 1. The summed E-state index contributed by atoms with van der Waals surface area (Å²) in [5.41, 5.74) is 4.99. The van der Waals surface area contributed by atoms with Gasteiger partial charge in [-0.05, 0) is 34.9 Å². The molecule has 0 fully saturated rings. The van der Waals surface area contributed by atoms with E-state index in [1.54, 1.807) is 12.1 Å². The second-order valence-electron chi connectivity index (χ2n) is 7.41. The first kappa shape index (κ1) is 19.4. The molecule has 0 spiro atoms. The summed E-state index contributed by atoms with van der Waals surface area (Å²) in [6, 6.07) is 22.9. The molecular formula is C25H21N3O2. The molecule has 3 aromatic carbocycles. The van der Waals surface area contributed by atoms with Gasteiger partial charge in [0.15, 0.2) is 0 Å². The first-order chi connectivity index (χ1) is 14.6. The summed E-state index contributed by atoms with van der Waals surface area (Å²) < 4.78 is 5.53. The van der Waals surface area contributed by atoms with Gasteiger partial charge in [-0.15, -0.1) is 0 Å². The molecule has 1 heterocycles. The van der Waals surface area contributed by atoms with Crippen LogP contribution < -0.4 is 0 Å². The highest BCUT2D eigenvalue weighted by atomic mass is 16.5. The topological polar surface area (TPSA) is 78.8 Å². The molecule has 1 N–H and O–H groups in total. The number of carbonyl (C=O) groups is 1. The predicted molar refractivity (Wildman–Crippen MR) is 116 cm³/mol. The SMILES string of the molecule is CC(C)c1nc2c(C(=O)OCc3ccc(-c4ccccc4)c(C#N)c3)cccc2[nH]1. The molecule has 30 heavy (non-hydrogen) atoms. The fourth-order valence-corrected chi connectivity index (χ4v) is 3.36. The molecule has 1 aromatic heterocycles. The number of ether oxygens (including phenoxy) is 1. The van der Waals surface area contributed by atoms with E-state index in [9.17, 15) is 10.1 Å². The lowest BCUT2D eigenvalue weighted by Gasteiger charge is -2.09. The van der Waals surface area contributed by atoms with Crippen LogP contribution in [0.3, 0.4) is 0 Å². The summed E-state index contributed by atoms with van der Waals surface area (Å²) in [5, 5.41) is 9.56. The normalized spacial score (nSPS) is 10.9. The third-order valence-corrected chi connectivity index (χ3v) is 4.96. The van der Waals surface area contributed by atoms with Crippen LogP contribution in [0, 0.1) is 11.3 Å². The molecule has 0 aliphatic carbocycles. The molecule has 0 aliphatic rings. The van der Waals surface area contributed by atoms with Crippen LogP contribution in [0.5, 0.6) is 0 Å². The van der Waals surface area contributed by atoms with E-state index in [4.69, 9.17) is 4.74 Å². The van der Waals surface area contributed by atoms with Gasteiger partial charge in [-0.3, -0.25) is 0 Å². The van der Waals surface area contributed by atoms with E-state index >= 15 is 0 Å². The van der Waals surface area contributed by atoms with Gasteiger partial charge in [0.25, 0.3) is 0 Å². The summed E-state index contributed by atoms with van der Waals surface area (Å²) >= 11 is 0. The third-order valence-electron chi connectivity index (χ3n) is 4.96. The van der Waals surface area contributed by atoms with Gasteiger partial charge in [0.05, 0.1) is 22.7 Å². The Morgan fingerprint density at radius 1 is 1.10 bits per heavy atom. The molecule has 0 atom stereocenters. The fraction of sp³-hybridized carbons (Fsp3) is 0.160. The highest BCUT2D eigenvalue weighted by Gasteiger charge is 2.16. The van der Waals surface area contributed by atoms with Crippen molar-refractivity contribution in [2.45, 2.75) is 26.4 Å². The number of carbonyl (C=O) groups excluding carboxylic acids is 1. The van der Waals surface area contributed by atoms with E-state index < -0.39 is 5.97 Å². The Hall–Kier alpha value is -3.91. The number of aromatic nitrogens is 2. The number of nitrogens with zero attached hydrogens (tertiary/aromatic N) is 2. The molecule has 5 heteroatoms. The molecule has 0 saturated heterocycles. The number of H-pyrrole nitrogens is 1. The smallest absolute Gasteiger partial charge is 0.340 e. The lowest BCUT2D eigenvalue weighted by Crippen LogP contribution is -2.06. The minimum absolute atomic E-state index is 0.0838. The van der Waals surface area contributed by atoms with Gasteiger partial charge in [0.1, 0.15) is 17.9 Å². The summed E-state index contributed by atoms with van der Waals surface area (Å²) in [7, 11) is 0. The Bertz CT molecular complexity index is 1250. The number of nitriles is 1. The maximum atomic E-state index is 12.7. The number of hydrogen-bond acceptors (Lipinski definition) is 4. The molecule has 0 amide bonds. The number of imidazole rings is 1. The minimum atomic E-state index is -0.437. The average Bonchev–Trinajstić information content (AvgIpc) is 3.23. The molecule has 0 unspecified atom stereocenters. The van der Waals surface area contributed by atoms with Crippen molar-refractivity contribution in [3.05, 3.63) is 89.2 Å². The zero-order chi connectivity index (χ0) is 21.1. The van der Waals surface area contributed by atoms with Crippen molar-refractivity contribution in [2.75, 3.05) is 0 Å². The standard InChI is InChI=1S/C25H21N3O2/c1-16(2)24-27-22-10-6-9-21(23(22)28-24)25(29)30-15-17-11-12-20(19(13-17)14-26)18-7-4-3-5-8-18/h3-13,16H,15H2,1-2H3,(H,27,28). The first-order valence-electron chi connectivity index (χ1n) is 9.81. The van der Waals surface area contributed by atoms with E-state index in [2.05, 4.69) is 16.0 Å². The Morgan fingerprint density at radius 3 is 2.63 bits per heavy atom. The van der Waals surface area contributed by atoms with E-state index in [1.165, 1.54) is 0 Å². The summed E-state index contributed by atoms with van der Waals surface area (Å²) in [6.07, 6.45) is 0. The molecule has 4 rings (SSSR count). The van der Waals surface area contributed by atoms with Crippen LogP contribution in [0.1, 0.15) is 47.1 Å².